The van der Waals surface area contributed by atoms with Crippen molar-refractivity contribution >= 4 is 27.1 Å². The molecular formula is C29H37N3O5S. The van der Waals surface area contributed by atoms with Gasteiger partial charge >= 0.3 is 6.09 Å². The van der Waals surface area contributed by atoms with Gasteiger partial charge in [-0.25, -0.2) is 17.5 Å². The van der Waals surface area contributed by atoms with Gasteiger partial charge in [0.1, 0.15) is 5.58 Å². The molecule has 1 aromatic heterocycles. The molecule has 0 aliphatic carbocycles. The molecule has 2 aliphatic heterocycles. The van der Waals surface area contributed by atoms with Crippen molar-refractivity contribution in [1.82, 2.24) is 14.1 Å². The second-order valence-electron chi connectivity index (χ2n) is 10.3. The number of carbonyl (C=O) groups excluding carboxylic acids is 1. The van der Waals surface area contributed by atoms with E-state index in [1.165, 1.54) is 15.3 Å². The van der Waals surface area contributed by atoms with Crippen LogP contribution in [0.25, 0.3) is 11.0 Å². The summed E-state index contributed by atoms with van der Waals surface area (Å²) in [7, 11) is -1.93. The second kappa shape index (κ2) is 11.5. The zero-order chi connectivity index (χ0) is 26.7. The first-order valence-electron chi connectivity index (χ1n) is 13.5. The molecule has 38 heavy (non-hydrogen) atoms. The smallest absolute Gasteiger partial charge is 0.410 e. The predicted octanol–water partition coefficient (Wildman–Crippen LogP) is 4.52. The van der Waals surface area contributed by atoms with Gasteiger partial charge in [-0.3, -0.25) is 0 Å². The molecule has 1 amide bonds. The molecule has 0 atom stereocenters. The molecule has 1 fully saturated rings. The van der Waals surface area contributed by atoms with Crippen LogP contribution in [0.2, 0.25) is 0 Å². The Morgan fingerprint density at radius 2 is 1.89 bits per heavy atom. The first-order valence-corrected chi connectivity index (χ1v) is 15.0. The summed E-state index contributed by atoms with van der Waals surface area (Å²) < 4.78 is 39.5. The lowest BCUT2D eigenvalue weighted by Gasteiger charge is -2.34. The number of hydrogen-bond donors (Lipinski definition) is 0. The number of amides is 1. The SMILES string of the molecule is CCOC(=O)N1CCc2c(cccc2S(=O)(=O)N(C)CC2CCN(CCc3coc4ccccc34)CC2)C1. The lowest BCUT2D eigenvalue weighted by Crippen LogP contribution is -2.41. The zero-order valence-electron chi connectivity index (χ0n) is 22.3. The predicted molar refractivity (Wildman–Crippen MR) is 146 cm³/mol. The standard InChI is InChI=1S/C29H37N3O5S/c1-3-36-29(33)32-18-14-26-23(20-32)7-6-10-28(26)38(34,35)30(2)19-22-11-15-31(16-12-22)17-13-24-21-37-27-9-5-4-8-25(24)27/h4-10,21-22H,3,11-20H2,1-2H3. The molecule has 2 aliphatic rings. The molecule has 0 N–H and O–H groups in total. The van der Waals surface area contributed by atoms with Gasteiger partial charge in [0.05, 0.1) is 17.8 Å². The number of furan rings is 1. The molecule has 3 heterocycles. The van der Waals surface area contributed by atoms with Crippen LogP contribution in [0, 0.1) is 5.92 Å². The van der Waals surface area contributed by atoms with Crippen LogP contribution in [0.15, 0.2) is 58.0 Å². The zero-order valence-corrected chi connectivity index (χ0v) is 23.1. The number of rotatable bonds is 8. The van der Waals surface area contributed by atoms with E-state index >= 15 is 0 Å². The highest BCUT2D eigenvalue weighted by Crippen LogP contribution is 2.29. The molecule has 0 radical (unpaired) electrons. The summed E-state index contributed by atoms with van der Waals surface area (Å²) in [5, 5.41) is 1.19. The Labute approximate surface area is 225 Å². The summed E-state index contributed by atoms with van der Waals surface area (Å²) in [5.74, 6) is 0.333. The normalized spacial score (nSPS) is 17.2. The van der Waals surface area contributed by atoms with Crippen molar-refractivity contribution in [1.29, 1.82) is 0 Å². The van der Waals surface area contributed by atoms with Crippen molar-refractivity contribution in [3.8, 4) is 0 Å². The van der Waals surface area contributed by atoms with E-state index in [1.54, 1.807) is 31.0 Å². The van der Waals surface area contributed by atoms with Crippen LogP contribution in [-0.4, -0.2) is 75.0 Å². The molecule has 3 aromatic rings. The number of carbonyl (C=O) groups is 1. The molecule has 204 valence electrons. The van der Waals surface area contributed by atoms with E-state index in [0.29, 0.717) is 43.5 Å². The number of hydrogen-bond acceptors (Lipinski definition) is 6. The Bertz CT molecular complexity index is 1380. The van der Waals surface area contributed by atoms with Crippen LogP contribution in [0.4, 0.5) is 4.79 Å². The van der Waals surface area contributed by atoms with E-state index in [2.05, 4.69) is 11.0 Å². The Balaban J connectivity index is 1.16. The van der Waals surface area contributed by atoms with Gasteiger partial charge in [0.2, 0.25) is 10.0 Å². The quantitative estimate of drug-likeness (QED) is 0.419. The molecular weight excluding hydrogens is 502 g/mol. The lowest BCUT2D eigenvalue weighted by molar-refractivity contribution is 0.102. The van der Waals surface area contributed by atoms with Crippen LogP contribution < -0.4 is 0 Å². The van der Waals surface area contributed by atoms with Crippen molar-refractivity contribution in [3.05, 3.63) is 65.4 Å². The molecule has 8 nitrogen and oxygen atoms in total. The number of fused-ring (bicyclic) bond motifs is 2. The van der Waals surface area contributed by atoms with Gasteiger partial charge in [0.15, 0.2) is 0 Å². The van der Waals surface area contributed by atoms with Crippen LogP contribution >= 0.6 is 0 Å². The van der Waals surface area contributed by atoms with Crippen molar-refractivity contribution in [3.63, 3.8) is 0 Å². The maximum atomic E-state index is 13.6. The van der Waals surface area contributed by atoms with Gasteiger partial charge < -0.3 is 19.0 Å². The lowest BCUT2D eigenvalue weighted by atomic mass is 9.96. The minimum Gasteiger partial charge on any atom is -0.464 e. The highest BCUT2D eigenvalue weighted by molar-refractivity contribution is 7.89. The van der Waals surface area contributed by atoms with E-state index in [9.17, 15) is 13.2 Å². The number of likely N-dealkylation sites (tertiary alicyclic amines) is 1. The summed E-state index contributed by atoms with van der Waals surface area (Å²) >= 11 is 0. The van der Waals surface area contributed by atoms with Gasteiger partial charge in [-0.05, 0) is 80.4 Å². The Hall–Kier alpha value is -2.88. The maximum Gasteiger partial charge on any atom is 0.410 e. The Kier molecular flexibility index (Phi) is 8.07. The summed E-state index contributed by atoms with van der Waals surface area (Å²) in [6.45, 7) is 6.36. The Morgan fingerprint density at radius 1 is 1.11 bits per heavy atom. The fraction of sp³-hybridized carbons (Fsp3) is 0.483. The molecule has 0 saturated carbocycles. The van der Waals surface area contributed by atoms with Gasteiger partial charge in [-0.1, -0.05) is 30.3 Å². The van der Waals surface area contributed by atoms with Crippen molar-refractivity contribution in [2.24, 2.45) is 5.92 Å². The highest BCUT2D eigenvalue weighted by atomic mass is 32.2. The molecule has 0 unspecified atom stereocenters. The van der Waals surface area contributed by atoms with Crippen LogP contribution in [0.3, 0.4) is 0 Å². The number of para-hydroxylation sites is 1. The molecule has 2 aromatic carbocycles. The summed E-state index contributed by atoms with van der Waals surface area (Å²) in [6.07, 6.45) is 4.92. The van der Waals surface area contributed by atoms with Crippen molar-refractivity contribution in [2.75, 3.05) is 46.4 Å². The van der Waals surface area contributed by atoms with E-state index in [1.807, 2.05) is 30.5 Å². The summed E-state index contributed by atoms with van der Waals surface area (Å²) in [5.41, 5.74) is 3.87. The average Bonchev–Trinajstić information content (AvgIpc) is 3.35. The molecule has 1 saturated heterocycles. The summed E-state index contributed by atoms with van der Waals surface area (Å²) in [4.78, 5) is 16.6. The number of ether oxygens (including phenoxy) is 1. The fourth-order valence-electron chi connectivity index (χ4n) is 5.71. The van der Waals surface area contributed by atoms with Crippen LogP contribution in [0.1, 0.15) is 36.5 Å². The van der Waals surface area contributed by atoms with Gasteiger partial charge in [-0.15, -0.1) is 0 Å². The highest BCUT2D eigenvalue weighted by Gasteiger charge is 2.31. The molecule has 0 spiro atoms. The number of benzene rings is 2. The average molecular weight is 540 g/mol. The minimum absolute atomic E-state index is 0.321. The van der Waals surface area contributed by atoms with Gasteiger partial charge in [-0.2, -0.15) is 0 Å². The first-order chi connectivity index (χ1) is 18.4. The minimum atomic E-state index is -3.63. The topological polar surface area (TPSA) is 83.3 Å². The molecule has 9 heteroatoms. The second-order valence-corrected chi connectivity index (χ2v) is 12.4. The first kappa shape index (κ1) is 26.7. The van der Waals surface area contributed by atoms with Crippen LogP contribution in [-0.2, 0) is 34.1 Å². The van der Waals surface area contributed by atoms with E-state index in [-0.39, 0.29) is 6.09 Å². The Morgan fingerprint density at radius 3 is 2.68 bits per heavy atom. The largest absolute Gasteiger partial charge is 0.464 e. The number of piperidine rings is 1. The van der Waals surface area contributed by atoms with E-state index < -0.39 is 10.0 Å². The fourth-order valence-corrected chi connectivity index (χ4v) is 7.25. The number of nitrogens with zero attached hydrogens (tertiary/aromatic N) is 3. The van der Waals surface area contributed by atoms with Crippen LogP contribution in [0.5, 0.6) is 0 Å². The number of sulfonamides is 1. The molecule has 5 rings (SSSR count). The van der Waals surface area contributed by atoms with E-state index in [4.69, 9.17) is 9.15 Å². The maximum absolute atomic E-state index is 13.6. The van der Waals surface area contributed by atoms with E-state index in [0.717, 1.165) is 55.6 Å². The third kappa shape index (κ3) is 5.60. The molecule has 0 bridgehead atoms. The summed E-state index contributed by atoms with van der Waals surface area (Å²) in [6, 6.07) is 13.5. The monoisotopic (exact) mass is 539 g/mol. The van der Waals surface area contributed by atoms with Gasteiger partial charge in [0, 0.05) is 38.6 Å². The van der Waals surface area contributed by atoms with Crippen molar-refractivity contribution < 1.29 is 22.4 Å². The third-order valence-corrected chi connectivity index (χ3v) is 9.83. The third-order valence-electron chi connectivity index (χ3n) is 7.92. The van der Waals surface area contributed by atoms with Crippen molar-refractivity contribution in [2.45, 2.75) is 44.0 Å². The van der Waals surface area contributed by atoms with Gasteiger partial charge in [0.25, 0.3) is 0 Å².